The largest absolute Gasteiger partial charge is 0.384 e. The first kappa shape index (κ1) is 11.6. The Morgan fingerprint density at radius 2 is 2.17 bits per heavy atom. The molecule has 0 spiro atoms. The van der Waals surface area contributed by atoms with Crippen LogP contribution >= 0.6 is 11.6 Å². The van der Waals surface area contributed by atoms with Gasteiger partial charge in [0.1, 0.15) is 0 Å². The third-order valence-electron chi connectivity index (χ3n) is 3.37. The van der Waals surface area contributed by atoms with Gasteiger partial charge >= 0.3 is 0 Å². The van der Waals surface area contributed by atoms with E-state index in [1.54, 1.807) is 12.1 Å². The van der Waals surface area contributed by atoms with Crippen LogP contribution < -0.4 is 10.9 Å². The minimum absolute atomic E-state index is 0.103. The fourth-order valence-corrected chi connectivity index (χ4v) is 2.42. The monoisotopic (exact) mass is 262 g/mol. The van der Waals surface area contributed by atoms with Crippen LogP contribution in [0.15, 0.2) is 29.1 Å². The number of aromatic nitrogens is 1. The van der Waals surface area contributed by atoms with E-state index in [4.69, 9.17) is 11.6 Å². The molecule has 2 N–H and O–H groups in total. The van der Waals surface area contributed by atoms with Gasteiger partial charge in [0, 0.05) is 28.7 Å². The maximum atomic E-state index is 11.3. The molecule has 1 fully saturated rings. The van der Waals surface area contributed by atoms with Crippen molar-refractivity contribution in [2.24, 2.45) is 5.92 Å². The standard InChI is InChI=1S/C14H15ClN2O/c15-10-7-12(16-6-5-9-1-2-9)11-3-4-14(18)17-13(11)8-10/h3-4,7-9,16H,1-2,5-6H2,(H,17,18). The summed E-state index contributed by atoms with van der Waals surface area (Å²) in [6, 6.07) is 7.08. The first-order valence-electron chi connectivity index (χ1n) is 6.29. The van der Waals surface area contributed by atoms with E-state index in [9.17, 15) is 4.79 Å². The summed E-state index contributed by atoms with van der Waals surface area (Å²) in [5.74, 6) is 0.905. The van der Waals surface area contributed by atoms with Gasteiger partial charge in [-0.2, -0.15) is 0 Å². The molecule has 1 saturated carbocycles. The van der Waals surface area contributed by atoms with Crippen LogP contribution in [0.3, 0.4) is 0 Å². The number of anilines is 1. The predicted molar refractivity (Wildman–Crippen MR) is 75.4 cm³/mol. The van der Waals surface area contributed by atoms with Crippen LogP contribution in [-0.2, 0) is 0 Å². The number of hydrogen-bond acceptors (Lipinski definition) is 2. The van der Waals surface area contributed by atoms with E-state index >= 15 is 0 Å². The predicted octanol–water partition coefficient (Wildman–Crippen LogP) is 3.39. The molecule has 1 heterocycles. The topological polar surface area (TPSA) is 44.9 Å². The molecule has 3 rings (SSSR count). The molecule has 2 aromatic rings. The van der Waals surface area contributed by atoms with E-state index in [1.807, 2.05) is 12.1 Å². The maximum absolute atomic E-state index is 11.3. The van der Waals surface area contributed by atoms with Crippen molar-refractivity contribution in [3.05, 3.63) is 39.6 Å². The summed E-state index contributed by atoms with van der Waals surface area (Å²) in [6.07, 6.45) is 3.94. The Hall–Kier alpha value is -1.48. The lowest BCUT2D eigenvalue weighted by Gasteiger charge is -2.10. The van der Waals surface area contributed by atoms with Crippen molar-refractivity contribution in [3.63, 3.8) is 0 Å². The first-order chi connectivity index (χ1) is 8.72. The zero-order valence-electron chi connectivity index (χ0n) is 10.0. The lowest BCUT2D eigenvalue weighted by molar-refractivity contribution is 0.761. The molecule has 0 saturated heterocycles. The zero-order valence-corrected chi connectivity index (χ0v) is 10.8. The molecular weight excluding hydrogens is 248 g/mol. The second-order valence-corrected chi connectivity index (χ2v) is 5.33. The number of fused-ring (bicyclic) bond motifs is 1. The van der Waals surface area contributed by atoms with Gasteiger partial charge in [0.05, 0.1) is 5.52 Å². The summed E-state index contributed by atoms with van der Waals surface area (Å²) in [4.78, 5) is 14.1. The zero-order chi connectivity index (χ0) is 12.5. The molecule has 0 amide bonds. The van der Waals surface area contributed by atoms with Crippen LogP contribution in [-0.4, -0.2) is 11.5 Å². The van der Waals surface area contributed by atoms with Crippen molar-refractivity contribution in [3.8, 4) is 0 Å². The van der Waals surface area contributed by atoms with Gasteiger partial charge in [-0.1, -0.05) is 24.4 Å². The van der Waals surface area contributed by atoms with Crippen LogP contribution in [0.1, 0.15) is 19.3 Å². The number of halogens is 1. The van der Waals surface area contributed by atoms with Gasteiger partial charge in [0.2, 0.25) is 5.56 Å². The molecule has 94 valence electrons. The molecule has 1 aliphatic rings. The molecule has 1 aromatic carbocycles. The van der Waals surface area contributed by atoms with Gasteiger partial charge in [-0.05, 0) is 30.5 Å². The Labute approximate surface area is 110 Å². The molecule has 0 bridgehead atoms. The van der Waals surface area contributed by atoms with Crippen LogP contribution in [0.2, 0.25) is 5.02 Å². The molecule has 18 heavy (non-hydrogen) atoms. The molecule has 0 atom stereocenters. The van der Waals surface area contributed by atoms with Gasteiger partial charge in [-0.15, -0.1) is 0 Å². The van der Waals surface area contributed by atoms with Crippen LogP contribution in [0.4, 0.5) is 5.69 Å². The van der Waals surface area contributed by atoms with Crippen molar-refractivity contribution < 1.29 is 0 Å². The van der Waals surface area contributed by atoms with E-state index in [1.165, 1.54) is 19.3 Å². The first-order valence-corrected chi connectivity index (χ1v) is 6.66. The summed E-state index contributed by atoms with van der Waals surface area (Å²) in [6.45, 7) is 0.958. The average molecular weight is 263 g/mol. The smallest absolute Gasteiger partial charge is 0.248 e. The number of aromatic amines is 1. The van der Waals surface area contributed by atoms with E-state index in [2.05, 4.69) is 10.3 Å². The second-order valence-electron chi connectivity index (χ2n) is 4.90. The summed E-state index contributed by atoms with van der Waals surface area (Å²) >= 11 is 6.07. The summed E-state index contributed by atoms with van der Waals surface area (Å²) in [5.41, 5.74) is 1.67. The van der Waals surface area contributed by atoms with Crippen LogP contribution in [0.25, 0.3) is 10.9 Å². The minimum Gasteiger partial charge on any atom is -0.384 e. The van der Waals surface area contributed by atoms with Crippen molar-refractivity contribution in [1.29, 1.82) is 0 Å². The Kier molecular flexibility index (Phi) is 3.00. The number of pyridine rings is 1. The Morgan fingerprint density at radius 1 is 1.33 bits per heavy atom. The van der Waals surface area contributed by atoms with Gasteiger partial charge in [-0.3, -0.25) is 4.79 Å². The van der Waals surface area contributed by atoms with Crippen LogP contribution in [0, 0.1) is 5.92 Å². The summed E-state index contributed by atoms with van der Waals surface area (Å²) in [5, 5.41) is 5.06. The number of rotatable bonds is 4. The lowest BCUT2D eigenvalue weighted by atomic mass is 10.1. The van der Waals surface area contributed by atoms with Crippen molar-refractivity contribution in [2.45, 2.75) is 19.3 Å². The lowest BCUT2D eigenvalue weighted by Crippen LogP contribution is -2.06. The van der Waals surface area contributed by atoms with Gasteiger partial charge < -0.3 is 10.3 Å². The number of hydrogen-bond donors (Lipinski definition) is 2. The Bertz CT molecular complexity index is 631. The summed E-state index contributed by atoms with van der Waals surface area (Å²) in [7, 11) is 0. The highest BCUT2D eigenvalue weighted by Gasteiger charge is 2.20. The average Bonchev–Trinajstić information content (AvgIpc) is 3.12. The quantitative estimate of drug-likeness (QED) is 0.887. The molecule has 0 unspecified atom stereocenters. The fourth-order valence-electron chi connectivity index (χ4n) is 2.20. The fraction of sp³-hybridized carbons (Fsp3) is 0.357. The van der Waals surface area contributed by atoms with Gasteiger partial charge in [-0.25, -0.2) is 0 Å². The molecule has 0 aliphatic heterocycles. The van der Waals surface area contributed by atoms with E-state index in [0.717, 1.165) is 29.1 Å². The Balaban J connectivity index is 1.90. The highest BCUT2D eigenvalue weighted by Crippen LogP contribution is 2.32. The number of nitrogens with one attached hydrogen (secondary N) is 2. The molecule has 1 aromatic heterocycles. The SMILES string of the molecule is O=c1ccc2c(NCCC3CC3)cc(Cl)cc2[nH]1. The van der Waals surface area contributed by atoms with E-state index in [0.29, 0.717) is 5.02 Å². The third-order valence-corrected chi connectivity index (χ3v) is 3.59. The summed E-state index contributed by atoms with van der Waals surface area (Å²) < 4.78 is 0. The van der Waals surface area contributed by atoms with Crippen molar-refractivity contribution in [1.82, 2.24) is 4.98 Å². The minimum atomic E-state index is -0.103. The van der Waals surface area contributed by atoms with Crippen molar-refractivity contribution >= 4 is 28.2 Å². The third kappa shape index (κ3) is 2.51. The molecule has 3 nitrogen and oxygen atoms in total. The Morgan fingerprint density at radius 3 is 2.94 bits per heavy atom. The highest BCUT2D eigenvalue weighted by atomic mass is 35.5. The van der Waals surface area contributed by atoms with Crippen LogP contribution in [0.5, 0.6) is 0 Å². The maximum Gasteiger partial charge on any atom is 0.248 e. The second kappa shape index (κ2) is 4.65. The molecule has 1 aliphatic carbocycles. The molecule has 0 radical (unpaired) electrons. The normalized spacial score (nSPS) is 14.9. The van der Waals surface area contributed by atoms with Crippen molar-refractivity contribution in [2.75, 3.05) is 11.9 Å². The number of H-pyrrole nitrogens is 1. The molecular formula is C14H15ClN2O. The molecule has 4 heteroatoms. The van der Waals surface area contributed by atoms with E-state index in [-0.39, 0.29) is 5.56 Å². The number of benzene rings is 1. The van der Waals surface area contributed by atoms with Gasteiger partial charge in [0.25, 0.3) is 0 Å². The van der Waals surface area contributed by atoms with E-state index < -0.39 is 0 Å². The highest BCUT2D eigenvalue weighted by molar-refractivity contribution is 6.31. The van der Waals surface area contributed by atoms with Gasteiger partial charge in [0.15, 0.2) is 0 Å².